The molecule has 1 N–H and O–H groups in total. The van der Waals surface area contributed by atoms with Gasteiger partial charge in [-0.05, 0) is 24.3 Å². The van der Waals surface area contributed by atoms with Gasteiger partial charge in [0.2, 0.25) is 16.9 Å². The Kier molecular flexibility index (Phi) is 3.84. The fourth-order valence-electron chi connectivity index (χ4n) is 2.34. The van der Waals surface area contributed by atoms with Crippen LogP contribution in [0, 0.1) is 5.82 Å². The minimum atomic E-state index is -0.337. The number of aromatic nitrogens is 2. The van der Waals surface area contributed by atoms with Crippen LogP contribution >= 0.6 is 11.3 Å². The van der Waals surface area contributed by atoms with Gasteiger partial charge < -0.3 is 10.2 Å². The van der Waals surface area contributed by atoms with Crippen LogP contribution in [-0.2, 0) is 9.59 Å². The number of hydrogen-bond donors (Lipinski definition) is 1. The third-order valence-corrected chi connectivity index (χ3v) is 4.34. The number of anilines is 2. The molecule has 8 heteroatoms. The fourth-order valence-corrected chi connectivity index (χ4v) is 3.22. The molecule has 6 nitrogen and oxygen atoms in total. The average molecular weight is 320 g/mol. The van der Waals surface area contributed by atoms with Crippen LogP contribution in [0.15, 0.2) is 24.3 Å². The molecule has 0 spiro atoms. The highest BCUT2D eigenvalue weighted by Gasteiger charge is 2.33. The van der Waals surface area contributed by atoms with E-state index in [2.05, 4.69) is 15.5 Å². The van der Waals surface area contributed by atoms with E-state index in [4.69, 9.17) is 0 Å². The second-order valence-electron chi connectivity index (χ2n) is 5.01. The first-order valence-electron chi connectivity index (χ1n) is 6.70. The molecule has 1 unspecified atom stereocenters. The maximum atomic E-state index is 13.0. The number of benzene rings is 1. The van der Waals surface area contributed by atoms with Crippen LogP contribution in [0.3, 0.4) is 0 Å². The van der Waals surface area contributed by atoms with Crippen molar-refractivity contribution >= 4 is 34.0 Å². The highest BCUT2D eigenvalue weighted by atomic mass is 32.1. The molecule has 0 bridgehead atoms. The van der Waals surface area contributed by atoms with Gasteiger partial charge >= 0.3 is 0 Å². The van der Waals surface area contributed by atoms with Gasteiger partial charge in [0.1, 0.15) is 10.8 Å². The first-order valence-corrected chi connectivity index (χ1v) is 7.51. The van der Waals surface area contributed by atoms with E-state index in [0.717, 1.165) is 0 Å². The number of halogens is 1. The second-order valence-corrected chi connectivity index (χ2v) is 6.02. The third kappa shape index (κ3) is 2.96. The Bertz CT molecular complexity index is 716. The van der Waals surface area contributed by atoms with Crippen molar-refractivity contribution in [3.8, 4) is 0 Å². The van der Waals surface area contributed by atoms with E-state index >= 15 is 0 Å². The summed E-state index contributed by atoms with van der Waals surface area (Å²) in [6.45, 7) is 1.87. The summed E-state index contributed by atoms with van der Waals surface area (Å²) in [5, 5.41) is 11.6. The Balaban J connectivity index is 1.75. The van der Waals surface area contributed by atoms with Crippen LogP contribution in [0.2, 0.25) is 0 Å². The molecule has 114 valence electrons. The zero-order chi connectivity index (χ0) is 15.7. The summed E-state index contributed by atoms with van der Waals surface area (Å²) in [4.78, 5) is 24.8. The summed E-state index contributed by atoms with van der Waals surface area (Å²) in [5.74, 6) is -0.653. The zero-order valence-corrected chi connectivity index (χ0v) is 12.6. The standard InChI is InChI=1S/C14H13FN4O2S/c1-8(20)16-14-18-17-13(22-14)9-6-12(21)19(7-9)11-4-2-10(15)3-5-11/h2-5,9H,6-7H2,1H3,(H,16,18,20). The molecular formula is C14H13FN4O2S. The lowest BCUT2D eigenvalue weighted by molar-refractivity contribution is -0.117. The van der Waals surface area contributed by atoms with Crippen molar-refractivity contribution in [1.82, 2.24) is 10.2 Å². The van der Waals surface area contributed by atoms with Crippen LogP contribution < -0.4 is 10.2 Å². The summed E-state index contributed by atoms with van der Waals surface area (Å²) in [5.41, 5.74) is 0.667. The van der Waals surface area contributed by atoms with Crippen molar-refractivity contribution in [3.05, 3.63) is 35.1 Å². The van der Waals surface area contributed by atoms with Crippen molar-refractivity contribution in [3.63, 3.8) is 0 Å². The van der Waals surface area contributed by atoms with Crippen LogP contribution in [-0.4, -0.2) is 28.6 Å². The Morgan fingerprint density at radius 2 is 2.09 bits per heavy atom. The van der Waals surface area contributed by atoms with E-state index in [1.165, 1.54) is 30.4 Å². The summed E-state index contributed by atoms with van der Waals surface area (Å²) in [6, 6.07) is 5.82. The monoisotopic (exact) mass is 320 g/mol. The number of carbonyl (C=O) groups excluding carboxylic acids is 2. The predicted molar refractivity (Wildman–Crippen MR) is 80.3 cm³/mol. The summed E-state index contributed by atoms with van der Waals surface area (Å²) in [6.07, 6.45) is 0.325. The molecule has 0 aliphatic carbocycles. The van der Waals surface area contributed by atoms with Crippen molar-refractivity contribution in [2.75, 3.05) is 16.8 Å². The van der Waals surface area contributed by atoms with E-state index < -0.39 is 0 Å². The van der Waals surface area contributed by atoms with Crippen LogP contribution in [0.4, 0.5) is 15.2 Å². The lowest BCUT2D eigenvalue weighted by atomic mass is 10.1. The fraction of sp³-hybridized carbons (Fsp3) is 0.286. The molecule has 2 amide bonds. The molecular weight excluding hydrogens is 307 g/mol. The lowest BCUT2D eigenvalue weighted by Crippen LogP contribution is -2.24. The lowest BCUT2D eigenvalue weighted by Gasteiger charge is -2.16. The molecule has 0 saturated carbocycles. The van der Waals surface area contributed by atoms with Crippen molar-refractivity contribution < 1.29 is 14.0 Å². The van der Waals surface area contributed by atoms with Gasteiger partial charge in [-0.25, -0.2) is 4.39 Å². The minimum absolute atomic E-state index is 0.0344. The van der Waals surface area contributed by atoms with E-state index in [0.29, 0.717) is 28.8 Å². The summed E-state index contributed by atoms with van der Waals surface area (Å²) < 4.78 is 13.0. The van der Waals surface area contributed by atoms with Crippen molar-refractivity contribution in [2.45, 2.75) is 19.3 Å². The van der Waals surface area contributed by atoms with Gasteiger partial charge in [0, 0.05) is 31.5 Å². The highest BCUT2D eigenvalue weighted by molar-refractivity contribution is 7.15. The Morgan fingerprint density at radius 3 is 2.77 bits per heavy atom. The quantitative estimate of drug-likeness (QED) is 0.940. The van der Waals surface area contributed by atoms with Gasteiger partial charge in [-0.15, -0.1) is 10.2 Å². The SMILES string of the molecule is CC(=O)Nc1nnc(C2CC(=O)N(c3ccc(F)cc3)C2)s1. The largest absolute Gasteiger partial charge is 0.312 e. The molecule has 1 aliphatic rings. The maximum Gasteiger partial charge on any atom is 0.227 e. The van der Waals surface area contributed by atoms with E-state index in [1.807, 2.05) is 0 Å². The van der Waals surface area contributed by atoms with Gasteiger partial charge in [-0.1, -0.05) is 11.3 Å². The molecule has 0 radical (unpaired) electrons. The highest BCUT2D eigenvalue weighted by Crippen LogP contribution is 2.34. The van der Waals surface area contributed by atoms with Crippen LogP contribution in [0.1, 0.15) is 24.3 Å². The van der Waals surface area contributed by atoms with Gasteiger partial charge in [-0.2, -0.15) is 0 Å². The number of carbonyl (C=O) groups is 2. The zero-order valence-electron chi connectivity index (χ0n) is 11.7. The molecule has 3 rings (SSSR count). The Morgan fingerprint density at radius 1 is 1.36 bits per heavy atom. The minimum Gasteiger partial charge on any atom is -0.312 e. The number of rotatable bonds is 3. The van der Waals surface area contributed by atoms with Crippen molar-refractivity contribution in [1.29, 1.82) is 0 Å². The number of hydrogen-bond acceptors (Lipinski definition) is 5. The van der Waals surface area contributed by atoms with Crippen molar-refractivity contribution in [2.24, 2.45) is 0 Å². The molecule has 1 atom stereocenters. The first kappa shape index (κ1) is 14.6. The molecule has 22 heavy (non-hydrogen) atoms. The second kappa shape index (κ2) is 5.80. The van der Waals surface area contributed by atoms with E-state index in [-0.39, 0.29) is 23.5 Å². The van der Waals surface area contributed by atoms with Gasteiger partial charge in [0.25, 0.3) is 0 Å². The van der Waals surface area contributed by atoms with Gasteiger partial charge in [0.05, 0.1) is 0 Å². The molecule has 1 fully saturated rings. The maximum absolute atomic E-state index is 13.0. The number of nitrogens with one attached hydrogen (secondary N) is 1. The normalized spacial score (nSPS) is 17.8. The van der Waals surface area contributed by atoms with E-state index in [1.54, 1.807) is 17.0 Å². The topological polar surface area (TPSA) is 75.2 Å². The average Bonchev–Trinajstić information content (AvgIpc) is 3.06. The smallest absolute Gasteiger partial charge is 0.227 e. The molecule has 2 heterocycles. The number of amides is 2. The summed E-state index contributed by atoms with van der Waals surface area (Å²) >= 11 is 1.27. The third-order valence-electron chi connectivity index (χ3n) is 3.34. The van der Waals surface area contributed by atoms with Gasteiger partial charge in [-0.3, -0.25) is 9.59 Å². The van der Waals surface area contributed by atoms with E-state index in [9.17, 15) is 14.0 Å². The number of nitrogens with zero attached hydrogens (tertiary/aromatic N) is 3. The van der Waals surface area contributed by atoms with Crippen LogP contribution in [0.5, 0.6) is 0 Å². The molecule has 1 saturated heterocycles. The summed E-state index contributed by atoms with van der Waals surface area (Å²) in [7, 11) is 0. The molecule has 2 aromatic rings. The first-order chi connectivity index (χ1) is 10.5. The van der Waals surface area contributed by atoms with Gasteiger partial charge in [0.15, 0.2) is 0 Å². The Hall–Kier alpha value is -2.35. The Labute approximate surface area is 130 Å². The molecule has 1 aromatic carbocycles. The van der Waals surface area contributed by atoms with Crippen LogP contribution in [0.25, 0.3) is 0 Å². The molecule has 1 aliphatic heterocycles. The predicted octanol–water partition coefficient (Wildman–Crippen LogP) is 2.16. The molecule has 1 aromatic heterocycles.